The van der Waals surface area contributed by atoms with Crippen molar-refractivity contribution in [3.8, 4) is 22.8 Å². The Morgan fingerprint density at radius 2 is 1.77 bits per heavy atom. The SMILES string of the molecule is CCOC(=O)C1=C(C)N=c2s/c(=C\c3ccc(-c4ccccc4C(=O)O)o3)c(=O)n2[C@H]1c1ccc(OCC)c(OCC)c1. The van der Waals surface area contributed by atoms with E-state index >= 15 is 0 Å². The molecule has 222 valence electrons. The largest absolute Gasteiger partial charge is 0.490 e. The van der Waals surface area contributed by atoms with E-state index in [0.717, 1.165) is 11.3 Å². The molecule has 0 amide bonds. The highest BCUT2D eigenvalue weighted by Gasteiger charge is 2.34. The molecule has 2 aromatic heterocycles. The number of aromatic carboxylic acids is 1. The Morgan fingerprint density at radius 1 is 1.02 bits per heavy atom. The smallest absolute Gasteiger partial charge is 0.338 e. The fraction of sp³-hybridized carbons (Fsp3) is 0.250. The molecule has 0 saturated heterocycles. The number of furan rings is 1. The number of nitrogens with zero attached hydrogens (tertiary/aromatic N) is 2. The third kappa shape index (κ3) is 5.76. The number of carboxylic acid groups (broad SMARTS) is 1. The van der Waals surface area contributed by atoms with E-state index < -0.39 is 18.0 Å². The summed E-state index contributed by atoms with van der Waals surface area (Å²) in [6.07, 6.45) is 1.58. The molecular formula is C32H30N2O8S. The van der Waals surface area contributed by atoms with E-state index in [-0.39, 0.29) is 23.3 Å². The minimum absolute atomic E-state index is 0.103. The summed E-state index contributed by atoms with van der Waals surface area (Å²) in [5, 5.41) is 9.57. The van der Waals surface area contributed by atoms with Gasteiger partial charge in [0, 0.05) is 11.6 Å². The van der Waals surface area contributed by atoms with Crippen LogP contribution in [0.2, 0.25) is 0 Å². The Hall–Kier alpha value is -4.90. The number of hydrogen-bond donors (Lipinski definition) is 1. The zero-order chi connectivity index (χ0) is 30.7. The van der Waals surface area contributed by atoms with E-state index in [1.165, 1.54) is 10.6 Å². The van der Waals surface area contributed by atoms with Crippen molar-refractivity contribution in [2.24, 2.45) is 4.99 Å². The Bertz CT molecular complexity index is 1910. The summed E-state index contributed by atoms with van der Waals surface area (Å²) in [7, 11) is 0. The molecule has 0 aliphatic carbocycles. The van der Waals surface area contributed by atoms with Gasteiger partial charge >= 0.3 is 11.9 Å². The summed E-state index contributed by atoms with van der Waals surface area (Å²) >= 11 is 1.16. The fourth-order valence-electron chi connectivity index (χ4n) is 4.93. The maximum atomic E-state index is 14.0. The standard InChI is InChI=1S/C32H30N2O8S/c1-5-39-24-14-12-19(16-25(24)40-6-2)28-27(31(38)41-7-3)18(4)33-32-34(28)29(35)26(43-32)17-20-13-15-23(42-20)21-10-8-9-11-22(21)30(36)37/h8-17,28H,5-7H2,1-4H3,(H,36,37)/b26-17-/t28-/m0/s1. The minimum Gasteiger partial charge on any atom is -0.490 e. The molecule has 0 radical (unpaired) electrons. The molecular weight excluding hydrogens is 572 g/mol. The van der Waals surface area contributed by atoms with E-state index in [1.807, 2.05) is 13.8 Å². The van der Waals surface area contributed by atoms with Crippen LogP contribution in [0.1, 0.15) is 55.4 Å². The van der Waals surface area contributed by atoms with Gasteiger partial charge in [-0.3, -0.25) is 9.36 Å². The number of ether oxygens (including phenoxy) is 3. The van der Waals surface area contributed by atoms with Gasteiger partial charge in [0.15, 0.2) is 16.3 Å². The van der Waals surface area contributed by atoms with Crippen molar-refractivity contribution in [3.63, 3.8) is 0 Å². The van der Waals surface area contributed by atoms with Crippen molar-refractivity contribution >= 4 is 29.4 Å². The van der Waals surface area contributed by atoms with Gasteiger partial charge in [0.2, 0.25) is 0 Å². The summed E-state index contributed by atoms with van der Waals surface area (Å²) in [5.41, 5.74) is 1.46. The first kappa shape index (κ1) is 29.6. The summed E-state index contributed by atoms with van der Waals surface area (Å²) in [6.45, 7) is 8.17. The van der Waals surface area contributed by atoms with Crippen LogP contribution in [0.4, 0.5) is 0 Å². The number of esters is 1. The average Bonchev–Trinajstić information content (AvgIpc) is 3.57. The zero-order valence-electron chi connectivity index (χ0n) is 24.1. The van der Waals surface area contributed by atoms with Crippen LogP contribution in [0.25, 0.3) is 17.4 Å². The van der Waals surface area contributed by atoms with Gasteiger partial charge in [-0.2, -0.15) is 0 Å². The first-order valence-corrected chi connectivity index (χ1v) is 14.6. The van der Waals surface area contributed by atoms with E-state index in [0.29, 0.717) is 62.4 Å². The van der Waals surface area contributed by atoms with Crippen LogP contribution in [0.15, 0.2) is 80.1 Å². The van der Waals surface area contributed by atoms with Crippen molar-refractivity contribution in [3.05, 3.63) is 102 Å². The molecule has 11 heteroatoms. The Labute approximate surface area is 250 Å². The van der Waals surface area contributed by atoms with Crippen LogP contribution in [0, 0.1) is 0 Å². The number of thiazole rings is 1. The highest BCUT2D eigenvalue weighted by molar-refractivity contribution is 7.07. The van der Waals surface area contributed by atoms with Crippen molar-refractivity contribution in [1.29, 1.82) is 0 Å². The molecule has 0 fully saturated rings. The molecule has 3 heterocycles. The molecule has 0 unspecified atom stereocenters. The molecule has 0 bridgehead atoms. The zero-order valence-corrected chi connectivity index (χ0v) is 24.9. The van der Waals surface area contributed by atoms with E-state index in [1.54, 1.807) is 68.5 Å². The lowest BCUT2D eigenvalue weighted by molar-refractivity contribution is -0.139. The number of benzene rings is 2. The van der Waals surface area contributed by atoms with Gasteiger partial charge in [-0.25, -0.2) is 14.6 Å². The van der Waals surface area contributed by atoms with E-state index in [4.69, 9.17) is 18.6 Å². The molecule has 1 atom stereocenters. The quantitative estimate of drug-likeness (QED) is 0.262. The predicted molar refractivity (Wildman–Crippen MR) is 160 cm³/mol. The number of fused-ring (bicyclic) bond motifs is 1. The molecule has 1 aliphatic rings. The highest BCUT2D eigenvalue weighted by atomic mass is 32.1. The summed E-state index contributed by atoms with van der Waals surface area (Å²) in [5.74, 6) is 0.119. The summed E-state index contributed by atoms with van der Waals surface area (Å²) in [4.78, 5) is 43.9. The fourth-order valence-corrected chi connectivity index (χ4v) is 5.96. The molecule has 0 spiro atoms. The first-order valence-electron chi connectivity index (χ1n) is 13.8. The van der Waals surface area contributed by atoms with Crippen molar-refractivity contribution in [2.75, 3.05) is 19.8 Å². The molecule has 43 heavy (non-hydrogen) atoms. The van der Waals surface area contributed by atoms with Gasteiger partial charge in [0.1, 0.15) is 11.5 Å². The monoisotopic (exact) mass is 602 g/mol. The molecule has 5 rings (SSSR count). The third-order valence-corrected chi connectivity index (χ3v) is 7.71. The second kappa shape index (κ2) is 12.5. The van der Waals surface area contributed by atoms with Crippen LogP contribution in [0.3, 0.4) is 0 Å². The van der Waals surface area contributed by atoms with Crippen LogP contribution in [0.5, 0.6) is 11.5 Å². The number of aromatic nitrogens is 1. The molecule has 4 aromatic rings. The van der Waals surface area contributed by atoms with Gasteiger partial charge in [0.05, 0.1) is 47.2 Å². The third-order valence-electron chi connectivity index (χ3n) is 6.72. The lowest BCUT2D eigenvalue weighted by Gasteiger charge is -2.25. The lowest BCUT2D eigenvalue weighted by atomic mass is 9.95. The topological polar surface area (TPSA) is 130 Å². The Kier molecular flexibility index (Phi) is 8.63. The molecule has 2 aromatic carbocycles. The number of rotatable bonds is 10. The number of carbonyl (C=O) groups excluding carboxylic acids is 1. The second-order valence-corrected chi connectivity index (χ2v) is 10.4. The van der Waals surface area contributed by atoms with Crippen molar-refractivity contribution in [1.82, 2.24) is 4.57 Å². The summed E-state index contributed by atoms with van der Waals surface area (Å²) < 4.78 is 24.7. The number of allylic oxidation sites excluding steroid dienone is 1. The van der Waals surface area contributed by atoms with Gasteiger partial charge in [-0.1, -0.05) is 35.6 Å². The van der Waals surface area contributed by atoms with Crippen LogP contribution in [-0.4, -0.2) is 41.4 Å². The van der Waals surface area contributed by atoms with Crippen LogP contribution >= 0.6 is 11.3 Å². The highest BCUT2D eigenvalue weighted by Crippen LogP contribution is 2.36. The van der Waals surface area contributed by atoms with Crippen molar-refractivity contribution < 1.29 is 33.3 Å². The normalized spacial score (nSPS) is 14.7. The van der Waals surface area contributed by atoms with Gasteiger partial charge in [-0.05, 0) is 63.6 Å². The number of carboxylic acids is 1. The minimum atomic E-state index is -1.07. The molecule has 1 aliphatic heterocycles. The van der Waals surface area contributed by atoms with Crippen LogP contribution in [-0.2, 0) is 9.53 Å². The lowest BCUT2D eigenvalue weighted by Crippen LogP contribution is -2.40. The maximum absolute atomic E-state index is 14.0. The van der Waals surface area contributed by atoms with Crippen LogP contribution < -0.4 is 24.4 Å². The summed E-state index contributed by atoms with van der Waals surface area (Å²) in [6, 6.07) is 14.3. The van der Waals surface area contributed by atoms with E-state index in [9.17, 15) is 19.5 Å². The Morgan fingerprint density at radius 3 is 2.49 bits per heavy atom. The predicted octanol–water partition coefficient (Wildman–Crippen LogP) is 4.55. The number of hydrogen-bond acceptors (Lipinski definition) is 9. The van der Waals surface area contributed by atoms with Gasteiger partial charge in [-0.15, -0.1) is 0 Å². The van der Waals surface area contributed by atoms with Gasteiger partial charge < -0.3 is 23.7 Å². The van der Waals surface area contributed by atoms with Gasteiger partial charge in [0.25, 0.3) is 5.56 Å². The maximum Gasteiger partial charge on any atom is 0.338 e. The molecule has 10 nitrogen and oxygen atoms in total. The first-order chi connectivity index (χ1) is 20.8. The molecule has 0 saturated carbocycles. The average molecular weight is 603 g/mol. The Balaban J connectivity index is 1.65. The van der Waals surface area contributed by atoms with E-state index in [2.05, 4.69) is 4.99 Å². The van der Waals surface area contributed by atoms with Crippen molar-refractivity contribution in [2.45, 2.75) is 33.7 Å². The second-order valence-electron chi connectivity index (χ2n) is 9.43. The molecule has 1 N–H and O–H groups in total. The number of carbonyl (C=O) groups is 2.